The number of aliphatic imine (C=N–C) groups is 1. The van der Waals surface area contributed by atoms with Crippen LogP contribution in [-0.4, -0.2) is 37.1 Å². The Hall–Kier alpha value is -2.04. The van der Waals surface area contributed by atoms with Crippen LogP contribution in [0.1, 0.15) is 44.1 Å². The van der Waals surface area contributed by atoms with Gasteiger partial charge < -0.3 is 15.5 Å². The third-order valence-electron chi connectivity index (χ3n) is 4.77. The van der Waals surface area contributed by atoms with E-state index in [4.69, 9.17) is 0 Å². The molecule has 1 aliphatic carbocycles. The van der Waals surface area contributed by atoms with Crippen molar-refractivity contribution in [2.75, 3.05) is 25.0 Å². The monoisotopic (exact) mass is 327 g/mol. The van der Waals surface area contributed by atoms with Crippen molar-refractivity contribution in [3.8, 4) is 0 Å². The molecule has 0 atom stereocenters. The van der Waals surface area contributed by atoms with Crippen molar-refractivity contribution in [1.82, 2.24) is 15.6 Å². The number of hydrogen-bond acceptors (Lipinski definition) is 3. The third kappa shape index (κ3) is 4.73. The fourth-order valence-electron chi connectivity index (χ4n) is 3.35. The number of guanidine groups is 1. The SMILES string of the molecule is CN=C(NCc1ccnc(N2CCCCCC2)c1)NC1CC=CC1. The Kier molecular flexibility index (Phi) is 6.10. The minimum Gasteiger partial charge on any atom is -0.357 e. The van der Waals surface area contributed by atoms with Crippen molar-refractivity contribution in [2.24, 2.45) is 4.99 Å². The van der Waals surface area contributed by atoms with Crippen molar-refractivity contribution in [2.45, 2.75) is 51.1 Å². The van der Waals surface area contributed by atoms with Crippen LogP contribution in [0, 0.1) is 0 Å². The van der Waals surface area contributed by atoms with Gasteiger partial charge in [-0.15, -0.1) is 0 Å². The largest absolute Gasteiger partial charge is 0.357 e. The van der Waals surface area contributed by atoms with Gasteiger partial charge in [0.15, 0.2) is 5.96 Å². The lowest BCUT2D eigenvalue weighted by molar-refractivity contribution is 0.633. The minimum atomic E-state index is 0.473. The fraction of sp³-hybridized carbons (Fsp3) is 0.579. The molecular weight excluding hydrogens is 298 g/mol. The quantitative estimate of drug-likeness (QED) is 0.507. The molecule has 0 amide bonds. The summed E-state index contributed by atoms with van der Waals surface area (Å²) in [5.74, 6) is 1.98. The number of pyridine rings is 1. The van der Waals surface area contributed by atoms with Crippen LogP contribution in [0.15, 0.2) is 35.5 Å². The molecule has 2 N–H and O–H groups in total. The van der Waals surface area contributed by atoms with Gasteiger partial charge in [-0.3, -0.25) is 4.99 Å². The molecule has 0 unspecified atom stereocenters. The molecule has 130 valence electrons. The predicted octanol–water partition coefficient (Wildman–Crippen LogP) is 2.85. The Morgan fingerprint density at radius 2 is 1.96 bits per heavy atom. The number of aromatic nitrogens is 1. The molecule has 3 rings (SSSR count). The van der Waals surface area contributed by atoms with E-state index in [9.17, 15) is 0 Å². The fourth-order valence-corrected chi connectivity index (χ4v) is 3.35. The third-order valence-corrected chi connectivity index (χ3v) is 4.77. The van der Waals surface area contributed by atoms with E-state index >= 15 is 0 Å². The van der Waals surface area contributed by atoms with Crippen LogP contribution in [0.5, 0.6) is 0 Å². The van der Waals surface area contributed by atoms with Crippen molar-refractivity contribution in [3.63, 3.8) is 0 Å². The molecule has 0 aromatic carbocycles. The minimum absolute atomic E-state index is 0.473. The second kappa shape index (κ2) is 8.71. The van der Waals surface area contributed by atoms with Crippen LogP contribution >= 0.6 is 0 Å². The van der Waals surface area contributed by atoms with Crippen LogP contribution in [0.2, 0.25) is 0 Å². The van der Waals surface area contributed by atoms with Crippen molar-refractivity contribution in [1.29, 1.82) is 0 Å². The molecule has 1 aromatic rings. The first-order valence-corrected chi connectivity index (χ1v) is 9.17. The number of hydrogen-bond donors (Lipinski definition) is 2. The average Bonchev–Trinajstić information content (AvgIpc) is 2.98. The van der Waals surface area contributed by atoms with Gasteiger partial charge in [0.05, 0.1) is 0 Å². The lowest BCUT2D eigenvalue weighted by Crippen LogP contribution is -2.42. The van der Waals surface area contributed by atoms with Gasteiger partial charge in [-0.05, 0) is 43.4 Å². The lowest BCUT2D eigenvalue weighted by Gasteiger charge is -2.22. The van der Waals surface area contributed by atoms with E-state index in [0.717, 1.165) is 44.3 Å². The molecule has 2 aliphatic rings. The standard InChI is InChI=1S/C19H29N5/c1-20-19(23-17-8-4-5-9-17)22-15-16-10-11-21-18(14-16)24-12-6-2-3-7-13-24/h4-5,10-11,14,17H,2-3,6-9,12-13,15H2,1H3,(H2,20,22,23). The van der Waals surface area contributed by atoms with E-state index in [1.807, 2.05) is 13.2 Å². The maximum absolute atomic E-state index is 4.58. The summed E-state index contributed by atoms with van der Waals surface area (Å²) in [6, 6.07) is 4.77. The first-order chi connectivity index (χ1) is 11.8. The molecule has 2 heterocycles. The number of nitrogens with one attached hydrogen (secondary N) is 2. The van der Waals surface area contributed by atoms with Gasteiger partial charge in [0.1, 0.15) is 5.82 Å². The molecule has 5 nitrogen and oxygen atoms in total. The zero-order valence-corrected chi connectivity index (χ0v) is 14.7. The zero-order valence-electron chi connectivity index (χ0n) is 14.7. The number of rotatable bonds is 4. The van der Waals surface area contributed by atoms with E-state index in [2.05, 4.69) is 49.8 Å². The highest BCUT2D eigenvalue weighted by molar-refractivity contribution is 5.80. The van der Waals surface area contributed by atoms with Gasteiger partial charge in [-0.25, -0.2) is 4.98 Å². The average molecular weight is 327 g/mol. The van der Waals surface area contributed by atoms with Gasteiger partial charge in [-0.2, -0.15) is 0 Å². The van der Waals surface area contributed by atoms with Crippen LogP contribution < -0.4 is 15.5 Å². The molecule has 1 fully saturated rings. The Balaban J connectivity index is 1.55. The first-order valence-electron chi connectivity index (χ1n) is 9.17. The Morgan fingerprint density at radius 3 is 2.67 bits per heavy atom. The predicted molar refractivity (Wildman–Crippen MR) is 100 cm³/mol. The molecular formula is C19H29N5. The Labute approximate surface area is 145 Å². The van der Waals surface area contributed by atoms with Gasteiger partial charge in [0.25, 0.3) is 0 Å². The summed E-state index contributed by atoms with van der Waals surface area (Å²) in [5, 5.41) is 6.89. The molecule has 24 heavy (non-hydrogen) atoms. The topological polar surface area (TPSA) is 52.6 Å². The molecule has 1 aliphatic heterocycles. The molecule has 0 bridgehead atoms. The summed E-state index contributed by atoms with van der Waals surface area (Å²) in [5.41, 5.74) is 1.25. The summed E-state index contributed by atoms with van der Waals surface area (Å²) >= 11 is 0. The summed E-state index contributed by atoms with van der Waals surface area (Å²) in [7, 11) is 1.83. The molecule has 1 aromatic heterocycles. The normalized spacial score (nSPS) is 19.4. The number of anilines is 1. The van der Waals surface area contributed by atoms with Crippen LogP contribution in [-0.2, 0) is 6.54 Å². The van der Waals surface area contributed by atoms with Crippen LogP contribution in [0.3, 0.4) is 0 Å². The van der Waals surface area contributed by atoms with Crippen LogP contribution in [0.4, 0.5) is 5.82 Å². The summed E-state index contributed by atoms with van der Waals surface area (Å²) in [6.07, 6.45) is 13.8. The van der Waals surface area contributed by atoms with Crippen LogP contribution in [0.25, 0.3) is 0 Å². The van der Waals surface area contributed by atoms with Gasteiger partial charge >= 0.3 is 0 Å². The molecule has 0 radical (unpaired) electrons. The molecule has 5 heteroatoms. The zero-order chi connectivity index (χ0) is 16.6. The van der Waals surface area contributed by atoms with E-state index in [1.165, 1.54) is 31.2 Å². The van der Waals surface area contributed by atoms with Gasteiger partial charge in [0, 0.05) is 38.9 Å². The van der Waals surface area contributed by atoms with E-state index in [1.54, 1.807) is 0 Å². The molecule has 1 saturated heterocycles. The lowest BCUT2D eigenvalue weighted by atomic mass is 10.2. The second-order valence-electron chi connectivity index (χ2n) is 6.63. The number of nitrogens with zero attached hydrogens (tertiary/aromatic N) is 3. The van der Waals surface area contributed by atoms with Crippen molar-refractivity contribution >= 4 is 11.8 Å². The highest BCUT2D eigenvalue weighted by atomic mass is 15.2. The smallest absolute Gasteiger partial charge is 0.191 e. The van der Waals surface area contributed by atoms with E-state index < -0.39 is 0 Å². The van der Waals surface area contributed by atoms with Gasteiger partial charge in [-0.1, -0.05) is 25.0 Å². The van der Waals surface area contributed by atoms with Crippen molar-refractivity contribution < 1.29 is 0 Å². The summed E-state index contributed by atoms with van der Waals surface area (Å²) in [6.45, 7) is 3.02. The maximum atomic E-state index is 4.58. The van der Waals surface area contributed by atoms with Gasteiger partial charge in [0.2, 0.25) is 0 Å². The first kappa shape index (κ1) is 16.8. The van der Waals surface area contributed by atoms with E-state index in [0.29, 0.717) is 6.04 Å². The second-order valence-corrected chi connectivity index (χ2v) is 6.63. The summed E-state index contributed by atoms with van der Waals surface area (Å²) < 4.78 is 0. The molecule has 0 spiro atoms. The summed E-state index contributed by atoms with van der Waals surface area (Å²) in [4.78, 5) is 11.3. The molecule has 0 saturated carbocycles. The highest BCUT2D eigenvalue weighted by Gasteiger charge is 2.13. The van der Waals surface area contributed by atoms with Crippen molar-refractivity contribution in [3.05, 3.63) is 36.0 Å². The Morgan fingerprint density at radius 1 is 1.21 bits per heavy atom. The maximum Gasteiger partial charge on any atom is 0.191 e. The Bertz CT molecular complexity index is 565. The van der Waals surface area contributed by atoms with E-state index in [-0.39, 0.29) is 0 Å². The highest BCUT2D eigenvalue weighted by Crippen LogP contribution is 2.18.